The van der Waals surface area contributed by atoms with Crippen LogP contribution >= 0.6 is 11.6 Å². The molecule has 3 nitrogen and oxygen atoms in total. The van der Waals surface area contributed by atoms with E-state index in [0.29, 0.717) is 19.4 Å². The molecule has 0 bridgehead atoms. The molecule has 1 aliphatic heterocycles. The van der Waals surface area contributed by atoms with Gasteiger partial charge in [0.05, 0.1) is 7.11 Å². The van der Waals surface area contributed by atoms with E-state index in [2.05, 4.69) is 6.92 Å². The van der Waals surface area contributed by atoms with Crippen molar-refractivity contribution in [3.63, 3.8) is 0 Å². The number of carbonyl (C=O) groups excluding carboxylic acids is 1. The van der Waals surface area contributed by atoms with E-state index in [1.165, 1.54) is 0 Å². The molecule has 1 saturated heterocycles. The van der Waals surface area contributed by atoms with Crippen LogP contribution in [-0.4, -0.2) is 31.5 Å². The molecular weight excluding hydrogens is 262 g/mol. The standard InChI is InChI=1S/C15H19ClNO2/c1-5-10-6-12(16)9(2)14(15(10)19-4)11-7-13(18)17(3)8-11/h6,11H,1,5,7-8H2,2-4H3. The zero-order chi connectivity index (χ0) is 14.2. The van der Waals surface area contributed by atoms with Gasteiger partial charge in [-0.1, -0.05) is 11.6 Å². The third-order valence-electron chi connectivity index (χ3n) is 3.82. The van der Waals surface area contributed by atoms with Crippen LogP contribution in [0.1, 0.15) is 29.0 Å². The van der Waals surface area contributed by atoms with Gasteiger partial charge in [-0.25, -0.2) is 0 Å². The van der Waals surface area contributed by atoms with E-state index in [0.717, 1.165) is 27.5 Å². The molecule has 1 aromatic carbocycles. The Morgan fingerprint density at radius 1 is 1.58 bits per heavy atom. The monoisotopic (exact) mass is 280 g/mol. The molecule has 103 valence electrons. The number of likely N-dealkylation sites (tertiary alicyclic amines) is 1. The van der Waals surface area contributed by atoms with Crippen molar-refractivity contribution in [3.8, 4) is 5.75 Å². The van der Waals surface area contributed by atoms with Gasteiger partial charge in [0, 0.05) is 36.5 Å². The molecule has 2 rings (SSSR count). The molecule has 1 heterocycles. The average Bonchev–Trinajstić information content (AvgIpc) is 2.71. The van der Waals surface area contributed by atoms with Crippen LogP contribution in [0.4, 0.5) is 0 Å². The Labute approximate surface area is 119 Å². The van der Waals surface area contributed by atoms with Gasteiger partial charge in [-0.2, -0.15) is 0 Å². The summed E-state index contributed by atoms with van der Waals surface area (Å²) in [7, 11) is 3.49. The van der Waals surface area contributed by atoms with Crippen LogP contribution in [0.3, 0.4) is 0 Å². The lowest BCUT2D eigenvalue weighted by Crippen LogP contribution is -2.19. The van der Waals surface area contributed by atoms with Crippen molar-refractivity contribution in [2.45, 2.75) is 25.7 Å². The predicted molar refractivity (Wildman–Crippen MR) is 76.8 cm³/mol. The van der Waals surface area contributed by atoms with E-state index in [1.54, 1.807) is 12.0 Å². The Hall–Kier alpha value is -1.22. The normalized spacial score (nSPS) is 19.1. The molecule has 1 unspecified atom stereocenters. The van der Waals surface area contributed by atoms with Crippen molar-refractivity contribution in [3.05, 3.63) is 34.7 Å². The fourth-order valence-corrected chi connectivity index (χ4v) is 3.01. The van der Waals surface area contributed by atoms with E-state index < -0.39 is 0 Å². The molecule has 0 spiro atoms. The molecule has 1 amide bonds. The average molecular weight is 281 g/mol. The third-order valence-corrected chi connectivity index (χ3v) is 4.21. The molecule has 0 aromatic heterocycles. The Balaban J connectivity index is 2.55. The second-order valence-electron chi connectivity index (χ2n) is 5.01. The minimum Gasteiger partial charge on any atom is -0.496 e. The van der Waals surface area contributed by atoms with Gasteiger partial charge in [0.15, 0.2) is 0 Å². The fourth-order valence-electron chi connectivity index (χ4n) is 2.77. The highest BCUT2D eigenvalue weighted by molar-refractivity contribution is 6.31. The maximum absolute atomic E-state index is 11.7. The quantitative estimate of drug-likeness (QED) is 0.852. The zero-order valence-electron chi connectivity index (χ0n) is 11.6. The summed E-state index contributed by atoms with van der Waals surface area (Å²) >= 11 is 6.30. The number of nitrogens with zero attached hydrogens (tertiary/aromatic N) is 1. The number of halogens is 1. The molecule has 1 radical (unpaired) electrons. The fraction of sp³-hybridized carbons (Fsp3) is 0.467. The lowest BCUT2D eigenvalue weighted by atomic mass is 9.90. The van der Waals surface area contributed by atoms with E-state index in [9.17, 15) is 4.79 Å². The van der Waals surface area contributed by atoms with Crippen molar-refractivity contribution in [2.75, 3.05) is 20.7 Å². The van der Waals surface area contributed by atoms with Gasteiger partial charge in [-0.15, -0.1) is 0 Å². The van der Waals surface area contributed by atoms with E-state index in [1.807, 2.05) is 20.0 Å². The molecule has 1 aromatic rings. The smallest absolute Gasteiger partial charge is 0.223 e. The maximum Gasteiger partial charge on any atom is 0.223 e. The number of ether oxygens (including phenoxy) is 1. The van der Waals surface area contributed by atoms with Crippen LogP contribution in [-0.2, 0) is 11.2 Å². The first kappa shape index (κ1) is 14.2. The predicted octanol–water partition coefficient (Wildman–Crippen LogP) is 2.98. The van der Waals surface area contributed by atoms with Crippen molar-refractivity contribution >= 4 is 17.5 Å². The molecule has 4 heteroatoms. The summed E-state index contributed by atoms with van der Waals surface area (Å²) in [5.41, 5.74) is 3.06. The van der Waals surface area contributed by atoms with Gasteiger partial charge in [0.25, 0.3) is 0 Å². The van der Waals surface area contributed by atoms with Crippen LogP contribution in [0.5, 0.6) is 5.75 Å². The first-order valence-corrected chi connectivity index (χ1v) is 6.76. The lowest BCUT2D eigenvalue weighted by molar-refractivity contribution is -0.126. The summed E-state index contributed by atoms with van der Waals surface area (Å²) < 4.78 is 5.56. The van der Waals surface area contributed by atoms with Crippen LogP contribution in [0.25, 0.3) is 0 Å². The Morgan fingerprint density at radius 2 is 2.26 bits per heavy atom. The van der Waals surface area contributed by atoms with Crippen molar-refractivity contribution in [1.82, 2.24) is 4.90 Å². The van der Waals surface area contributed by atoms with Crippen molar-refractivity contribution in [2.24, 2.45) is 0 Å². The second-order valence-corrected chi connectivity index (χ2v) is 5.42. The SMILES string of the molecule is [CH2]Cc1cc(Cl)c(C)c(C2CC(=O)N(C)C2)c1OC. The van der Waals surface area contributed by atoms with E-state index in [-0.39, 0.29) is 11.8 Å². The molecule has 1 aliphatic rings. The molecular formula is C15H19ClNO2. The zero-order valence-corrected chi connectivity index (χ0v) is 12.4. The molecule has 1 atom stereocenters. The van der Waals surface area contributed by atoms with Gasteiger partial charge in [-0.3, -0.25) is 4.79 Å². The van der Waals surface area contributed by atoms with Crippen LogP contribution in [0, 0.1) is 13.8 Å². The number of hydrogen-bond acceptors (Lipinski definition) is 2. The Bertz CT molecular complexity index is 513. The highest BCUT2D eigenvalue weighted by Crippen LogP contribution is 2.41. The minimum absolute atomic E-state index is 0.149. The summed E-state index contributed by atoms with van der Waals surface area (Å²) in [6.07, 6.45) is 1.14. The number of amides is 1. The van der Waals surface area contributed by atoms with Gasteiger partial charge >= 0.3 is 0 Å². The Kier molecular flexibility index (Phi) is 4.04. The molecule has 1 fully saturated rings. The van der Waals surface area contributed by atoms with Gasteiger partial charge < -0.3 is 9.64 Å². The number of methoxy groups -OCH3 is 1. The van der Waals surface area contributed by atoms with E-state index in [4.69, 9.17) is 16.3 Å². The number of benzene rings is 1. The summed E-state index contributed by atoms with van der Waals surface area (Å²) in [6, 6.07) is 1.91. The molecule has 0 saturated carbocycles. The van der Waals surface area contributed by atoms with Crippen molar-refractivity contribution < 1.29 is 9.53 Å². The van der Waals surface area contributed by atoms with E-state index >= 15 is 0 Å². The maximum atomic E-state index is 11.7. The van der Waals surface area contributed by atoms with Gasteiger partial charge in [0.2, 0.25) is 5.91 Å². The van der Waals surface area contributed by atoms with Gasteiger partial charge in [0.1, 0.15) is 5.75 Å². The lowest BCUT2D eigenvalue weighted by Gasteiger charge is -2.21. The topological polar surface area (TPSA) is 29.5 Å². The highest BCUT2D eigenvalue weighted by Gasteiger charge is 2.32. The summed E-state index contributed by atoms with van der Waals surface area (Å²) in [5.74, 6) is 1.16. The number of carbonyl (C=O) groups is 1. The summed E-state index contributed by atoms with van der Waals surface area (Å²) in [5, 5.41) is 0.719. The molecule has 0 aliphatic carbocycles. The number of rotatable bonds is 3. The minimum atomic E-state index is 0.149. The molecule has 19 heavy (non-hydrogen) atoms. The first-order valence-electron chi connectivity index (χ1n) is 6.38. The second kappa shape index (κ2) is 5.41. The van der Waals surface area contributed by atoms with Crippen LogP contribution < -0.4 is 4.74 Å². The summed E-state index contributed by atoms with van der Waals surface area (Å²) in [6.45, 7) is 6.61. The third kappa shape index (κ3) is 2.44. The molecule has 0 N–H and O–H groups in total. The Morgan fingerprint density at radius 3 is 2.74 bits per heavy atom. The number of hydrogen-bond donors (Lipinski definition) is 0. The van der Waals surface area contributed by atoms with Gasteiger partial charge in [-0.05, 0) is 37.5 Å². The van der Waals surface area contributed by atoms with Crippen molar-refractivity contribution in [1.29, 1.82) is 0 Å². The largest absolute Gasteiger partial charge is 0.496 e. The first-order chi connectivity index (χ1) is 8.99. The number of likely N-dealkylation sites (N-methyl/N-ethyl adjacent to an activating group) is 1. The van der Waals surface area contributed by atoms with Crippen LogP contribution in [0.2, 0.25) is 5.02 Å². The van der Waals surface area contributed by atoms with Crippen LogP contribution in [0.15, 0.2) is 6.07 Å². The summed E-state index contributed by atoms with van der Waals surface area (Å²) in [4.78, 5) is 13.5. The highest BCUT2D eigenvalue weighted by atomic mass is 35.5.